The number of carbonyl (C=O) groups excluding carboxylic acids is 1. The fraction of sp³-hybridized carbons (Fsp3) is 0.0833. The summed E-state index contributed by atoms with van der Waals surface area (Å²) in [6.45, 7) is 0. The van der Waals surface area contributed by atoms with Gasteiger partial charge in [0.1, 0.15) is 11.5 Å². The molecule has 4 nitrogen and oxygen atoms in total. The molecule has 0 atom stereocenters. The molecule has 1 aromatic carbocycles. The van der Waals surface area contributed by atoms with Gasteiger partial charge in [-0.1, -0.05) is 5.21 Å². The molecule has 2 heterocycles. The minimum atomic E-state index is -0.248. The van der Waals surface area contributed by atoms with Gasteiger partial charge in [0.05, 0.1) is 5.69 Å². The fourth-order valence-electron chi connectivity index (χ4n) is 1.80. The summed E-state index contributed by atoms with van der Waals surface area (Å²) in [5, 5.41) is 10.9. The van der Waals surface area contributed by atoms with Crippen LogP contribution in [0.25, 0.3) is 10.1 Å². The minimum absolute atomic E-state index is 0.248. The second-order valence-corrected chi connectivity index (χ2v) is 5.03. The van der Waals surface area contributed by atoms with Gasteiger partial charge in [-0.2, -0.15) is 0 Å². The Balaban J connectivity index is 1.98. The van der Waals surface area contributed by atoms with Crippen molar-refractivity contribution >= 4 is 27.7 Å². The molecule has 0 radical (unpaired) electrons. The number of hydrogen-bond acceptors (Lipinski definition) is 4. The first kappa shape index (κ1) is 11.0. The van der Waals surface area contributed by atoms with E-state index in [0.717, 1.165) is 15.0 Å². The summed E-state index contributed by atoms with van der Waals surface area (Å²) >= 11 is 1.56. The second-order valence-electron chi connectivity index (χ2n) is 3.86. The van der Waals surface area contributed by atoms with Crippen LogP contribution in [0.4, 0.5) is 4.39 Å². The number of fused-ring (bicyclic) bond motifs is 1. The predicted molar refractivity (Wildman–Crippen MR) is 66.4 cm³/mol. The van der Waals surface area contributed by atoms with Gasteiger partial charge in [-0.25, -0.2) is 4.39 Å². The van der Waals surface area contributed by atoms with Crippen molar-refractivity contribution in [3.8, 4) is 0 Å². The maximum atomic E-state index is 13.1. The number of aldehydes is 1. The van der Waals surface area contributed by atoms with Crippen LogP contribution in [0, 0.1) is 5.82 Å². The van der Waals surface area contributed by atoms with Crippen LogP contribution >= 0.6 is 11.3 Å². The highest BCUT2D eigenvalue weighted by molar-refractivity contribution is 7.19. The zero-order valence-electron chi connectivity index (χ0n) is 9.18. The summed E-state index contributed by atoms with van der Waals surface area (Å²) in [7, 11) is 0. The molecule has 0 fully saturated rings. The number of aromatic nitrogens is 3. The molecule has 18 heavy (non-hydrogen) atoms. The Hall–Kier alpha value is -2.08. The molecule has 1 N–H and O–H groups in total. The SMILES string of the molecule is O=Cc1[nH]nnc1Cc1cc2cc(F)ccc2s1. The summed E-state index contributed by atoms with van der Waals surface area (Å²) in [6, 6.07) is 6.60. The highest BCUT2D eigenvalue weighted by Gasteiger charge is 2.10. The lowest BCUT2D eigenvalue weighted by Gasteiger charge is -1.91. The monoisotopic (exact) mass is 261 g/mol. The van der Waals surface area contributed by atoms with Gasteiger partial charge in [-0.05, 0) is 29.7 Å². The van der Waals surface area contributed by atoms with Crippen LogP contribution in [0.1, 0.15) is 21.1 Å². The van der Waals surface area contributed by atoms with Gasteiger partial charge < -0.3 is 0 Å². The summed E-state index contributed by atoms with van der Waals surface area (Å²) < 4.78 is 14.1. The van der Waals surface area contributed by atoms with Crippen LogP contribution in [-0.2, 0) is 6.42 Å². The molecular formula is C12H8FN3OS. The molecule has 3 rings (SSSR count). The Bertz CT molecular complexity index is 719. The number of halogens is 1. The number of nitrogens with zero attached hydrogens (tertiary/aromatic N) is 2. The Morgan fingerprint density at radius 3 is 3.11 bits per heavy atom. The molecule has 0 aliphatic rings. The third-order valence-corrected chi connectivity index (χ3v) is 3.76. The van der Waals surface area contributed by atoms with Crippen molar-refractivity contribution in [1.29, 1.82) is 0 Å². The first-order chi connectivity index (χ1) is 8.76. The predicted octanol–water partition coefficient (Wildman–Crippen LogP) is 2.56. The van der Waals surface area contributed by atoms with Gasteiger partial charge in [-0.15, -0.1) is 16.4 Å². The van der Waals surface area contributed by atoms with Crippen molar-refractivity contribution in [3.63, 3.8) is 0 Å². The Morgan fingerprint density at radius 1 is 1.39 bits per heavy atom. The third-order valence-electron chi connectivity index (χ3n) is 2.64. The van der Waals surface area contributed by atoms with Gasteiger partial charge in [0.2, 0.25) is 0 Å². The van der Waals surface area contributed by atoms with E-state index in [1.807, 2.05) is 6.07 Å². The van der Waals surface area contributed by atoms with Crippen molar-refractivity contribution in [2.24, 2.45) is 0 Å². The average Bonchev–Trinajstić information content (AvgIpc) is 2.94. The molecule has 0 saturated carbocycles. The maximum absolute atomic E-state index is 13.1. The highest BCUT2D eigenvalue weighted by Crippen LogP contribution is 2.27. The van der Waals surface area contributed by atoms with E-state index < -0.39 is 0 Å². The quantitative estimate of drug-likeness (QED) is 0.737. The molecule has 0 aliphatic heterocycles. The largest absolute Gasteiger partial charge is 0.296 e. The molecule has 0 unspecified atom stereocenters. The number of aromatic amines is 1. The zero-order chi connectivity index (χ0) is 12.5. The summed E-state index contributed by atoms with van der Waals surface area (Å²) in [6.07, 6.45) is 1.22. The van der Waals surface area contributed by atoms with Crippen molar-refractivity contribution < 1.29 is 9.18 Å². The number of benzene rings is 1. The van der Waals surface area contributed by atoms with Gasteiger partial charge >= 0.3 is 0 Å². The number of rotatable bonds is 3. The molecule has 90 valence electrons. The molecule has 0 amide bonds. The van der Waals surface area contributed by atoms with E-state index in [-0.39, 0.29) is 5.82 Å². The van der Waals surface area contributed by atoms with Gasteiger partial charge in [0, 0.05) is 16.0 Å². The standard InChI is InChI=1S/C12H8FN3OS/c13-8-1-2-12-7(3-8)4-9(18-12)5-10-11(6-17)15-16-14-10/h1-4,6H,5H2,(H,14,15,16). The van der Waals surface area contributed by atoms with Crippen molar-refractivity contribution in [2.45, 2.75) is 6.42 Å². The normalized spacial score (nSPS) is 10.9. The van der Waals surface area contributed by atoms with Crippen LogP contribution in [0.3, 0.4) is 0 Å². The van der Waals surface area contributed by atoms with Crippen LogP contribution < -0.4 is 0 Å². The van der Waals surface area contributed by atoms with E-state index in [4.69, 9.17) is 0 Å². The number of nitrogens with one attached hydrogen (secondary N) is 1. The fourth-order valence-corrected chi connectivity index (χ4v) is 2.85. The lowest BCUT2D eigenvalue weighted by atomic mass is 10.2. The van der Waals surface area contributed by atoms with Crippen LogP contribution in [0.2, 0.25) is 0 Å². The number of hydrogen-bond donors (Lipinski definition) is 1. The zero-order valence-corrected chi connectivity index (χ0v) is 10.00. The summed E-state index contributed by atoms with van der Waals surface area (Å²) in [4.78, 5) is 11.8. The summed E-state index contributed by atoms with van der Waals surface area (Å²) in [5.41, 5.74) is 0.996. The molecule has 6 heteroatoms. The van der Waals surface area contributed by atoms with Gasteiger partial charge in [0.15, 0.2) is 6.29 Å². The van der Waals surface area contributed by atoms with Gasteiger partial charge in [-0.3, -0.25) is 9.89 Å². The molecule has 3 aromatic rings. The first-order valence-electron chi connectivity index (χ1n) is 5.29. The van der Waals surface area contributed by atoms with Crippen molar-refractivity contribution in [2.75, 3.05) is 0 Å². The Morgan fingerprint density at radius 2 is 2.28 bits per heavy atom. The molecule has 0 aliphatic carbocycles. The molecule has 2 aromatic heterocycles. The molecular weight excluding hydrogens is 253 g/mol. The van der Waals surface area contributed by atoms with E-state index in [0.29, 0.717) is 24.1 Å². The molecule has 0 spiro atoms. The average molecular weight is 261 g/mol. The molecule has 0 bridgehead atoms. The first-order valence-corrected chi connectivity index (χ1v) is 6.11. The van der Waals surface area contributed by atoms with E-state index in [2.05, 4.69) is 15.4 Å². The van der Waals surface area contributed by atoms with Crippen LogP contribution in [0.15, 0.2) is 24.3 Å². The Kier molecular flexibility index (Phi) is 2.64. The number of carbonyl (C=O) groups is 1. The van der Waals surface area contributed by atoms with Crippen molar-refractivity contribution in [1.82, 2.24) is 15.4 Å². The highest BCUT2D eigenvalue weighted by atomic mass is 32.1. The van der Waals surface area contributed by atoms with E-state index >= 15 is 0 Å². The number of thiophene rings is 1. The third kappa shape index (κ3) is 1.91. The maximum Gasteiger partial charge on any atom is 0.169 e. The van der Waals surface area contributed by atoms with E-state index in [9.17, 15) is 9.18 Å². The lowest BCUT2D eigenvalue weighted by Crippen LogP contribution is -1.91. The lowest BCUT2D eigenvalue weighted by molar-refractivity contribution is 0.111. The van der Waals surface area contributed by atoms with E-state index in [1.54, 1.807) is 17.4 Å². The Labute approximate surface area is 105 Å². The number of H-pyrrole nitrogens is 1. The summed E-state index contributed by atoms with van der Waals surface area (Å²) in [5.74, 6) is -0.248. The van der Waals surface area contributed by atoms with Crippen LogP contribution in [-0.4, -0.2) is 21.7 Å². The smallest absolute Gasteiger partial charge is 0.169 e. The molecule has 0 saturated heterocycles. The topological polar surface area (TPSA) is 58.6 Å². The van der Waals surface area contributed by atoms with Gasteiger partial charge in [0.25, 0.3) is 0 Å². The minimum Gasteiger partial charge on any atom is -0.296 e. The van der Waals surface area contributed by atoms with Crippen molar-refractivity contribution in [3.05, 3.63) is 46.3 Å². The second kappa shape index (κ2) is 4.30. The van der Waals surface area contributed by atoms with E-state index in [1.165, 1.54) is 12.1 Å². The van der Waals surface area contributed by atoms with Crippen LogP contribution in [0.5, 0.6) is 0 Å².